The van der Waals surface area contributed by atoms with Crippen LogP contribution in [-0.4, -0.2) is 37.2 Å². The van der Waals surface area contributed by atoms with Crippen LogP contribution >= 0.6 is 0 Å². The van der Waals surface area contributed by atoms with Gasteiger partial charge in [0.1, 0.15) is 13.2 Å². The lowest BCUT2D eigenvalue weighted by molar-refractivity contribution is -0.167. The average molecular weight is 918 g/mol. The van der Waals surface area contributed by atoms with E-state index in [-0.39, 0.29) is 31.1 Å². The third-order valence-electron chi connectivity index (χ3n) is 13.3. The van der Waals surface area contributed by atoms with E-state index in [9.17, 15) is 14.4 Å². The molecule has 0 heterocycles. The Hall–Kier alpha value is -1.85. The summed E-state index contributed by atoms with van der Waals surface area (Å²) in [5.41, 5.74) is 0. The Balaban J connectivity index is 4.24. The average Bonchev–Trinajstić information content (AvgIpc) is 3.30. The van der Waals surface area contributed by atoms with Crippen LogP contribution in [0.5, 0.6) is 0 Å². The summed E-state index contributed by atoms with van der Waals surface area (Å²) in [5, 5.41) is 0. The molecule has 0 bridgehead atoms. The molecule has 0 amide bonds. The van der Waals surface area contributed by atoms with Gasteiger partial charge in [-0.15, -0.1) is 0 Å². The first-order chi connectivity index (χ1) is 32.0. The normalized spacial score (nSPS) is 12.0. The van der Waals surface area contributed by atoms with Crippen LogP contribution in [0.25, 0.3) is 0 Å². The SMILES string of the molecule is CCCCCCCC/C=C\CCCCCCCC(=O)O[C@@H](COC(=O)CCCCCCCCCCCCC)COC(=O)CCCCCCCCCCCCCCCCCCCCCCC. The highest BCUT2D eigenvalue weighted by molar-refractivity contribution is 5.71. The second-order valence-electron chi connectivity index (χ2n) is 19.9. The van der Waals surface area contributed by atoms with Gasteiger partial charge in [-0.3, -0.25) is 14.4 Å². The first kappa shape index (κ1) is 63.1. The first-order valence-corrected chi connectivity index (χ1v) is 29.2. The minimum Gasteiger partial charge on any atom is -0.462 e. The molecule has 0 fully saturated rings. The molecule has 0 aliphatic rings. The number of rotatable bonds is 54. The van der Waals surface area contributed by atoms with Gasteiger partial charge in [0.2, 0.25) is 0 Å². The second kappa shape index (κ2) is 54.8. The van der Waals surface area contributed by atoms with Crippen LogP contribution in [0.3, 0.4) is 0 Å². The number of allylic oxidation sites excluding steroid dienone is 2. The summed E-state index contributed by atoms with van der Waals surface area (Å²) in [6, 6.07) is 0. The fraction of sp³-hybridized carbons (Fsp3) is 0.915. The molecule has 0 aromatic rings. The Bertz CT molecular complexity index is 1010. The standard InChI is InChI=1S/C59H112O6/c1-4-7-10-13-16-19-22-24-26-27-28-29-30-31-33-34-37-40-43-46-49-52-58(61)64-55-56(54-63-57(60)51-48-45-42-39-36-21-18-15-12-9-6-3)65-59(62)53-50-47-44-41-38-35-32-25-23-20-17-14-11-8-5-2/h25,32,56H,4-24,26-31,33-55H2,1-3H3/b32-25-/t56-/m0/s1. The number of hydrogen-bond acceptors (Lipinski definition) is 6. The van der Waals surface area contributed by atoms with Crippen molar-refractivity contribution in [1.82, 2.24) is 0 Å². The third-order valence-corrected chi connectivity index (χ3v) is 13.3. The molecular formula is C59H112O6. The van der Waals surface area contributed by atoms with Crippen LogP contribution in [0.15, 0.2) is 12.2 Å². The Morgan fingerprint density at radius 2 is 0.508 bits per heavy atom. The van der Waals surface area contributed by atoms with Gasteiger partial charge in [-0.05, 0) is 44.9 Å². The summed E-state index contributed by atoms with van der Waals surface area (Å²) in [5.74, 6) is -0.854. The number of unbranched alkanes of at least 4 members (excludes halogenated alkanes) is 41. The predicted octanol–water partition coefficient (Wildman–Crippen LogP) is 19.3. The zero-order valence-corrected chi connectivity index (χ0v) is 44.0. The molecule has 0 aliphatic carbocycles. The van der Waals surface area contributed by atoms with Crippen LogP contribution in [-0.2, 0) is 28.6 Å². The van der Waals surface area contributed by atoms with E-state index in [4.69, 9.17) is 14.2 Å². The Labute approximate surface area is 405 Å². The second-order valence-corrected chi connectivity index (χ2v) is 19.9. The van der Waals surface area contributed by atoms with Crippen molar-refractivity contribution in [3.05, 3.63) is 12.2 Å². The number of carbonyl (C=O) groups is 3. The molecule has 0 aliphatic heterocycles. The molecule has 0 unspecified atom stereocenters. The van der Waals surface area contributed by atoms with Crippen molar-refractivity contribution in [1.29, 1.82) is 0 Å². The molecule has 1 atom stereocenters. The van der Waals surface area contributed by atoms with Crippen molar-refractivity contribution in [2.24, 2.45) is 0 Å². The topological polar surface area (TPSA) is 78.9 Å². The van der Waals surface area contributed by atoms with Gasteiger partial charge < -0.3 is 14.2 Å². The van der Waals surface area contributed by atoms with Crippen LogP contribution in [0.1, 0.15) is 329 Å². The van der Waals surface area contributed by atoms with Gasteiger partial charge in [0.25, 0.3) is 0 Å². The molecule has 0 N–H and O–H groups in total. The van der Waals surface area contributed by atoms with Crippen molar-refractivity contribution >= 4 is 17.9 Å². The minimum atomic E-state index is -0.768. The van der Waals surface area contributed by atoms with Crippen molar-refractivity contribution in [3.8, 4) is 0 Å². The number of carbonyl (C=O) groups excluding carboxylic acids is 3. The van der Waals surface area contributed by atoms with E-state index in [0.29, 0.717) is 19.3 Å². The molecule has 384 valence electrons. The summed E-state index contributed by atoms with van der Waals surface area (Å²) in [6.07, 6.45) is 62.1. The molecular weight excluding hydrogens is 805 g/mol. The zero-order chi connectivity index (χ0) is 47.2. The van der Waals surface area contributed by atoms with Crippen molar-refractivity contribution < 1.29 is 28.6 Å². The van der Waals surface area contributed by atoms with Crippen LogP contribution < -0.4 is 0 Å². The van der Waals surface area contributed by atoms with E-state index in [1.165, 1.54) is 225 Å². The molecule has 0 aromatic heterocycles. The van der Waals surface area contributed by atoms with Crippen molar-refractivity contribution in [3.63, 3.8) is 0 Å². The lowest BCUT2D eigenvalue weighted by atomic mass is 10.0. The highest BCUT2D eigenvalue weighted by Crippen LogP contribution is 2.17. The molecule has 0 spiro atoms. The molecule has 65 heavy (non-hydrogen) atoms. The van der Waals surface area contributed by atoms with Gasteiger partial charge >= 0.3 is 17.9 Å². The first-order valence-electron chi connectivity index (χ1n) is 29.2. The van der Waals surface area contributed by atoms with Gasteiger partial charge in [-0.1, -0.05) is 277 Å². The van der Waals surface area contributed by atoms with Crippen molar-refractivity contribution in [2.75, 3.05) is 13.2 Å². The summed E-state index contributed by atoms with van der Waals surface area (Å²) >= 11 is 0. The van der Waals surface area contributed by atoms with E-state index in [0.717, 1.165) is 64.2 Å². The quantitative estimate of drug-likeness (QED) is 0.0262. The smallest absolute Gasteiger partial charge is 0.306 e. The van der Waals surface area contributed by atoms with E-state index in [1.54, 1.807) is 0 Å². The van der Waals surface area contributed by atoms with Gasteiger partial charge in [0.15, 0.2) is 6.10 Å². The number of esters is 3. The van der Waals surface area contributed by atoms with E-state index >= 15 is 0 Å². The summed E-state index contributed by atoms with van der Waals surface area (Å²) in [4.78, 5) is 38.1. The van der Waals surface area contributed by atoms with Crippen LogP contribution in [0, 0.1) is 0 Å². The fourth-order valence-electron chi connectivity index (χ4n) is 8.85. The molecule has 6 nitrogen and oxygen atoms in total. The van der Waals surface area contributed by atoms with Gasteiger partial charge in [0, 0.05) is 19.3 Å². The van der Waals surface area contributed by atoms with Gasteiger partial charge in [0.05, 0.1) is 0 Å². The Morgan fingerprint density at radius 3 is 0.769 bits per heavy atom. The molecule has 0 aromatic carbocycles. The fourth-order valence-corrected chi connectivity index (χ4v) is 8.85. The summed E-state index contributed by atoms with van der Waals surface area (Å²) in [7, 11) is 0. The molecule has 0 saturated heterocycles. The maximum atomic E-state index is 12.8. The van der Waals surface area contributed by atoms with Gasteiger partial charge in [-0.25, -0.2) is 0 Å². The zero-order valence-electron chi connectivity index (χ0n) is 44.0. The maximum Gasteiger partial charge on any atom is 0.306 e. The molecule has 0 radical (unpaired) electrons. The van der Waals surface area contributed by atoms with Gasteiger partial charge in [-0.2, -0.15) is 0 Å². The molecule has 0 rings (SSSR count). The maximum absolute atomic E-state index is 12.8. The highest BCUT2D eigenvalue weighted by Gasteiger charge is 2.19. The number of hydrogen-bond donors (Lipinski definition) is 0. The third kappa shape index (κ3) is 53.0. The van der Waals surface area contributed by atoms with E-state index in [2.05, 4.69) is 32.9 Å². The van der Waals surface area contributed by atoms with Crippen LogP contribution in [0.4, 0.5) is 0 Å². The lowest BCUT2D eigenvalue weighted by Gasteiger charge is -2.18. The Kier molecular flexibility index (Phi) is 53.2. The Morgan fingerprint density at radius 1 is 0.292 bits per heavy atom. The van der Waals surface area contributed by atoms with Crippen molar-refractivity contribution in [2.45, 2.75) is 335 Å². The van der Waals surface area contributed by atoms with Crippen LogP contribution in [0.2, 0.25) is 0 Å². The summed E-state index contributed by atoms with van der Waals surface area (Å²) < 4.78 is 16.9. The summed E-state index contributed by atoms with van der Waals surface area (Å²) in [6.45, 7) is 6.68. The largest absolute Gasteiger partial charge is 0.462 e. The number of ether oxygens (including phenoxy) is 3. The highest BCUT2D eigenvalue weighted by atomic mass is 16.6. The monoisotopic (exact) mass is 917 g/mol. The van der Waals surface area contributed by atoms with E-state index in [1.807, 2.05) is 0 Å². The molecule has 6 heteroatoms. The molecule has 0 saturated carbocycles. The minimum absolute atomic E-state index is 0.0675. The lowest BCUT2D eigenvalue weighted by Crippen LogP contribution is -2.30. The van der Waals surface area contributed by atoms with E-state index < -0.39 is 6.10 Å². The predicted molar refractivity (Wildman–Crippen MR) is 280 cm³/mol.